The van der Waals surface area contributed by atoms with Gasteiger partial charge in [0.05, 0.1) is 6.61 Å². The molecule has 0 amide bonds. The molecule has 0 aromatic carbocycles. The molecule has 2 aliphatic heterocycles. The Kier molecular flexibility index (Phi) is 3.55. The zero-order valence-corrected chi connectivity index (χ0v) is 11.7. The van der Waals surface area contributed by atoms with Gasteiger partial charge < -0.3 is 14.5 Å². The fourth-order valence-electron chi connectivity index (χ4n) is 3.27. The summed E-state index contributed by atoms with van der Waals surface area (Å²) in [6.07, 6.45) is 2.91. The molecule has 0 bridgehead atoms. The smallest absolute Gasteiger partial charge is 0.218 e. The normalized spacial score (nSPS) is 27.4. The summed E-state index contributed by atoms with van der Waals surface area (Å²) in [6, 6.07) is 1.96. The summed E-state index contributed by atoms with van der Waals surface area (Å²) in [6.45, 7) is 7.29. The van der Waals surface area contributed by atoms with Gasteiger partial charge in [0, 0.05) is 25.7 Å². The highest BCUT2D eigenvalue weighted by Crippen LogP contribution is 2.33. The van der Waals surface area contributed by atoms with Gasteiger partial charge in [-0.25, -0.2) is 9.97 Å². The van der Waals surface area contributed by atoms with Crippen LogP contribution in [-0.4, -0.2) is 54.7 Å². The van der Waals surface area contributed by atoms with Crippen LogP contribution in [0.3, 0.4) is 0 Å². The van der Waals surface area contributed by atoms with Gasteiger partial charge in [-0.1, -0.05) is 0 Å². The average Bonchev–Trinajstić information content (AvgIpc) is 2.82. The maximum absolute atomic E-state index is 5.46. The zero-order chi connectivity index (χ0) is 13.2. The van der Waals surface area contributed by atoms with Crippen LogP contribution in [0.2, 0.25) is 0 Å². The van der Waals surface area contributed by atoms with Crippen molar-refractivity contribution in [1.29, 1.82) is 0 Å². The number of hydrogen-bond donors (Lipinski definition) is 0. The Morgan fingerprint density at radius 3 is 2.95 bits per heavy atom. The number of fused-ring (bicyclic) bond motifs is 1. The number of nitrogens with zero attached hydrogens (tertiary/aromatic N) is 4. The number of likely N-dealkylation sites (tertiary alicyclic amines) is 1. The number of hydrogen-bond acceptors (Lipinski definition) is 5. The molecule has 5 nitrogen and oxygen atoms in total. The van der Waals surface area contributed by atoms with Crippen molar-refractivity contribution in [3.8, 4) is 5.88 Å². The Balaban J connectivity index is 1.71. The van der Waals surface area contributed by atoms with E-state index in [2.05, 4.69) is 26.8 Å². The second-order valence-electron chi connectivity index (χ2n) is 5.62. The van der Waals surface area contributed by atoms with Crippen LogP contribution < -0.4 is 9.64 Å². The van der Waals surface area contributed by atoms with Crippen molar-refractivity contribution in [3.05, 3.63) is 12.4 Å². The molecule has 0 radical (unpaired) electrons. The van der Waals surface area contributed by atoms with Crippen molar-refractivity contribution < 1.29 is 4.74 Å². The highest BCUT2D eigenvalue weighted by atomic mass is 16.5. The quantitative estimate of drug-likeness (QED) is 0.820. The van der Waals surface area contributed by atoms with Crippen LogP contribution in [0, 0.1) is 11.8 Å². The van der Waals surface area contributed by atoms with Crippen LogP contribution >= 0.6 is 0 Å². The molecule has 2 unspecified atom stereocenters. The monoisotopic (exact) mass is 262 g/mol. The van der Waals surface area contributed by atoms with Crippen LogP contribution in [0.5, 0.6) is 5.88 Å². The number of anilines is 1. The van der Waals surface area contributed by atoms with Crippen molar-refractivity contribution in [2.75, 3.05) is 44.7 Å². The first-order valence-electron chi connectivity index (χ1n) is 7.14. The van der Waals surface area contributed by atoms with E-state index in [1.807, 2.05) is 13.0 Å². The number of aromatic nitrogens is 2. The minimum Gasteiger partial charge on any atom is -0.478 e. The van der Waals surface area contributed by atoms with E-state index in [0.717, 1.165) is 30.7 Å². The lowest BCUT2D eigenvalue weighted by molar-refractivity contribution is 0.178. The van der Waals surface area contributed by atoms with Crippen molar-refractivity contribution in [2.45, 2.75) is 13.3 Å². The Morgan fingerprint density at radius 2 is 2.11 bits per heavy atom. The summed E-state index contributed by atoms with van der Waals surface area (Å²) in [5, 5.41) is 0. The molecule has 19 heavy (non-hydrogen) atoms. The van der Waals surface area contributed by atoms with E-state index in [4.69, 9.17) is 4.74 Å². The number of ether oxygens (including phenoxy) is 1. The molecular weight excluding hydrogens is 240 g/mol. The lowest BCUT2D eigenvalue weighted by Gasteiger charge is -2.31. The molecule has 2 aliphatic rings. The topological polar surface area (TPSA) is 41.5 Å². The Hall–Kier alpha value is -1.36. The summed E-state index contributed by atoms with van der Waals surface area (Å²) in [5.74, 6) is 3.29. The van der Waals surface area contributed by atoms with Gasteiger partial charge in [-0.2, -0.15) is 0 Å². The zero-order valence-electron chi connectivity index (χ0n) is 11.7. The largest absolute Gasteiger partial charge is 0.478 e. The number of rotatable bonds is 3. The molecule has 3 heterocycles. The van der Waals surface area contributed by atoms with E-state index in [1.165, 1.54) is 19.5 Å². The summed E-state index contributed by atoms with van der Waals surface area (Å²) >= 11 is 0. The maximum atomic E-state index is 5.46. The van der Waals surface area contributed by atoms with Gasteiger partial charge in [0.25, 0.3) is 0 Å². The summed E-state index contributed by atoms with van der Waals surface area (Å²) < 4.78 is 5.46. The lowest BCUT2D eigenvalue weighted by atomic mass is 9.89. The van der Waals surface area contributed by atoms with Gasteiger partial charge in [0.1, 0.15) is 12.1 Å². The number of piperidine rings is 1. The van der Waals surface area contributed by atoms with Crippen LogP contribution in [0.1, 0.15) is 13.3 Å². The maximum Gasteiger partial charge on any atom is 0.218 e. The molecule has 5 heteroatoms. The highest BCUT2D eigenvalue weighted by Gasteiger charge is 2.36. The van der Waals surface area contributed by atoms with E-state index in [-0.39, 0.29) is 0 Å². The minimum atomic E-state index is 0.645. The van der Waals surface area contributed by atoms with E-state index >= 15 is 0 Å². The van der Waals surface area contributed by atoms with E-state index < -0.39 is 0 Å². The van der Waals surface area contributed by atoms with Crippen molar-refractivity contribution >= 4 is 5.82 Å². The third-order valence-corrected chi connectivity index (χ3v) is 4.25. The molecule has 0 spiro atoms. The van der Waals surface area contributed by atoms with Gasteiger partial charge in [0.2, 0.25) is 5.88 Å². The standard InChI is InChI=1S/C14H22N4O/c1-3-19-14-6-13(15-10-16-14)18-8-11-4-5-17(2)7-12(11)9-18/h6,10-12H,3-5,7-9H2,1-2H3. The predicted octanol–water partition coefficient (Wildman–Crippen LogP) is 1.26. The predicted molar refractivity (Wildman–Crippen MR) is 74.5 cm³/mol. The van der Waals surface area contributed by atoms with Crippen LogP contribution in [0.25, 0.3) is 0 Å². The molecule has 2 atom stereocenters. The highest BCUT2D eigenvalue weighted by molar-refractivity contribution is 5.42. The van der Waals surface area contributed by atoms with Crippen molar-refractivity contribution in [1.82, 2.24) is 14.9 Å². The summed E-state index contributed by atoms with van der Waals surface area (Å²) in [5.41, 5.74) is 0. The first-order valence-corrected chi connectivity index (χ1v) is 7.14. The summed E-state index contributed by atoms with van der Waals surface area (Å²) in [4.78, 5) is 13.4. The second-order valence-corrected chi connectivity index (χ2v) is 5.62. The third-order valence-electron chi connectivity index (χ3n) is 4.25. The van der Waals surface area contributed by atoms with Gasteiger partial charge >= 0.3 is 0 Å². The lowest BCUT2D eigenvalue weighted by Crippen LogP contribution is -2.37. The van der Waals surface area contributed by atoms with Crippen LogP contribution in [-0.2, 0) is 0 Å². The molecule has 2 saturated heterocycles. The van der Waals surface area contributed by atoms with Crippen molar-refractivity contribution in [3.63, 3.8) is 0 Å². The van der Waals surface area contributed by atoms with Gasteiger partial charge in [-0.05, 0) is 38.8 Å². The molecule has 0 saturated carbocycles. The SMILES string of the molecule is CCOc1cc(N2CC3CCN(C)CC3C2)ncn1. The molecule has 0 aliphatic carbocycles. The summed E-state index contributed by atoms with van der Waals surface area (Å²) in [7, 11) is 2.22. The molecule has 1 aromatic heterocycles. The Labute approximate surface area is 114 Å². The first-order chi connectivity index (χ1) is 9.26. The fraction of sp³-hybridized carbons (Fsp3) is 0.714. The third kappa shape index (κ3) is 2.66. The van der Waals surface area contributed by atoms with E-state index in [0.29, 0.717) is 12.5 Å². The molecule has 2 fully saturated rings. The fourth-order valence-corrected chi connectivity index (χ4v) is 3.27. The Morgan fingerprint density at radius 1 is 1.26 bits per heavy atom. The average molecular weight is 262 g/mol. The second kappa shape index (κ2) is 5.33. The van der Waals surface area contributed by atoms with E-state index in [9.17, 15) is 0 Å². The first kappa shape index (κ1) is 12.7. The molecule has 1 aromatic rings. The molecule has 3 rings (SSSR count). The molecule has 0 N–H and O–H groups in total. The van der Waals surface area contributed by atoms with Gasteiger partial charge in [0.15, 0.2) is 0 Å². The van der Waals surface area contributed by atoms with E-state index in [1.54, 1.807) is 6.33 Å². The Bertz CT molecular complexity index is 439. The van der Waals surface area contributed by atoms with Gasteiger partial charge in [-0.3, -0.25) is 0 Å². The molecular formula is C14H22N4O. The molecule has 104 valence electrons. The van der Waals surface area contributed by atoms with Gasteiger partial charge in [-0.15, -0.1) is 0 Å². The van der Waals surface area contributed by atoms with Crippen LogP contribution in [0.4, 0.5) is 5.82 Å². The minimum absolute atomic E-state index is 0.645. The van der Waals surface area contributed by atoms with Crippen molar-refractivity contribution in [2.24, 2.45) is 11.8 Å². The van der Waals surface area contributed by atoms with Crippen LogP contribution in [0.15, 0.2) is 12.4 Å².